The van der Waals surface area contributed by atoms with Gasteiger partial charge in [-0.2, -0.15) is 0 Å². The van der Waals surface area contributed by atoms with Crippen LogP contribution in [0.1, 0.15) is 53.3 Å². The van der Waals surface area contributed by atoms with Crippen LogP contribution < -0.4 is 5.32 Å². The molecule has 0 aromatic carbocycles. The van der Waals surface area contributed by atoms with Crippen molar-refractivity contribution in [2.45, 2.75) is 39.2 Å². The molecule has 0 spiro atoms. The summed E-state index contributed by atoms with van der Waals surface area (Å²) in [5.74, 6) is 0.912. The Kier molecular flexibility index (Phi) is 5.22. The fourth-order valence-corrected chi connectivity index (χ4v) is 3.85. The van der Waals surface area contributed by atoms with Crippen molar-refractivity contribution < 1.29 is 9.32 Å². The number of imidazole rings is 1. The highest BCUT2D eigenvalue weighted by atomic mass is 16.5. The lowest BCUT2D eigenvalue weighted by Crippen LogP contribution is -2.42. The van der Waals surface area contributed by atoms with Crippen molar-refractivity contribution >= 4 is 5.91 Å². The van der Waals surface area contributed by atoms with Crippen molar-refractivity contribution in [2.75, 3.05) is 20.1 Å². The maximum atomic E-state index is 12.6. The SMILES string of the molecule is CCc1onc(C)c1C(=O)NC[C@@H]1CCCN(C)[C@H]1c1cncn1C. The van der Waals surface area contributed by atoms with Crippen LogP contribution in [0.5, 0.6) is 0 Å². The Hall–Kier alpha value is -2.15. The van der Waals surface area contributed by atoms with Crippen LogP contribution in [0.2, 0.25) is 0 Å². The number of nitrogens with one attached hydrogen (secondary N) is 1. The molecule has 0 saturated carbocycles. The summed E-state index contributed by atoms with van der Waals surface area (Å²) < 4.78 is 7.31. The van der Waals surface area contributed by atoms with E-state index in [0.29, 0.717) is 35.9 Å². The maximum Gasteiger partial charge on any atom is 0.256 e. The van der Waals surface area contributed by atoms with Crippen molar-refractivity contribution in [3.63, 3.8) is 0 Å². The van der Waals surface area contributed by atoms with Crippen LogP contribution in [0.15, 0.2) is 17.0 Å². The normalized spacial score (nSPS) is 21.4. The number of nitrogens with zero attached hydrogens (tertiary/aromatic N) is 4. The molecule has 0 unspecified atom stereocenters. The van der Waals surface area contributed by atoms with Crippen LogP contribution in [0.25, 0.3) is 0 Å². The van der Waals surface area contributed by atoms with Gasteiger partial charge in [-0.05, 0) is 39.3 Å². The standard InChI is InChI=1S/C18H27N5O2/c1-5-15-16(12(2)21-25-15)18(24)20-9-13-7-6-8-22(3)17(13)14-10-19-11-23(14)4/h10-11,13,17H,5-9H2,1-4H3,(H,20,24)/t13-,17+/m0/s1. The minimum Gasteiger partial charge on any atom is -0.360 e. The average molecular weight is 345 g/mol. The van der Waals surface area contributed by atoms with E-state index in [0.717, 1.165) is 19.4 Å². The van der Waals surface area contributed by atoms with Crippen molar-refractivity contribution in [3.05, 3.63) is 35.2 Å². The molecule has 7 heteroatoms. The zero-order valence-electron chi connectivity index (χ0n) is 15.5. The van der Waals surface area contributed by atoms with Gasteiger partial charge < -0.3 is 14.4 Å². The number of rotatable bonds is 5. The molecule has 7 nitrogen and oxygen atoms in total. The highest BCUT2D eigenvalue weighted by molar-refractivity contribution is 5.96. The Morgan fingerprint density at radius 1 is 1.44 bits per heavy atom. The van der Waals surface area contributed by atoms with Crippen molar-refractivity contribution in [3.8, 4) is 0 Å². The maximum absolute atomic E-state index is 12.6. The fourth-order valence-electron chi connectivity index (χ4n) is 3.85. The Morgan fingerprint density at radius 2 is 2.24 bits per heavy atom. The molecule has 0 bridgehead atoms. The summed E-state index contributed by atoms with van der Waals surface area (Å²) in [6.07, 6.45) is 6.65. The molecule has 1 fully saturated rings. The second-order valence-corrected chi connectivity index (χ2v) is 6.89. The second-order valence-electron chi connectivity index (χ2n) is 6.89. The molecule has 1 saturated heterocycles. The zero-order chi connectivity index (χ0) is 18.0. The van der Waals surface area contributed by atoms with Crippen LogP contribution in [0, 0.1) is 12.8 Å². The van der Waals surface area contributed by atoms with Gasteiger partial charge in [-0.1, -0.05) is 12.1 Å². The number of hydrogen-bond acceptors (Lipinski definition) is 5. The van der Waals surface area contributed by atoms with Crippen molar-refractivity contribution in [1.29, 1.82) is 0 Å². The van der Waals surface area contributed by atoms with Crippen LogP contribution >= 0.6 is 0 Å². The van der Waals surface area contributed by atoms with Crippen LogP contribution in [0.4, 0.5) is 0 Å². The summed E-state index contributed by atoms with van der Waals surface area (Å²) in [4.78, 5) is 19.3. The molecule has 1 N–H and O–H groups in total. The van der Waals surface area contributed by atoms with Crippen LogP contribution in [0.3, 0.4) is 0 Å². The van der Waals surface area contributed by atoms with E-state index in [9.17, 15) is 4.79 Å². The summed E-state index contributed by atoms with van der Waals surface area (Å²) >= 11 is 0. The molecule has 2 aromatic rings. The fraction of sp³-hybridized carbons (Fsp3) is 0.611. The number of piperidine rings is 1. The van der Waals surface area contributed by atoms with Crippen molar-refractivity contribution in [1.82, 2.24) is 24.9 Å². The number of amides is 1. The zero-order valence-corrected chi connectivity index (χ0v) is 15.5. The molecule has 2 aromatic heterocycles. The first-order chi connectivity index (χ1) is 12.0. The van der Waals surface area contributed by atoms with Gasteiger partial charge in [-0.15, -0.1) is 0 Å². The molecule has 0 radical (unpaired) electrons. The highest BCUT2D eigenvalue weighted by Crippen LogP contribution is 2.34. The van der Waals surface area contributed by atoms with E-state index < -0.39 is 0 Å². The van der Waals surface area contributed by atoms with E-state index in [4.69, 9.17) is 4.52 Å². The lowest BCUT2D eigenvalue weighted by atomic mass is 9.87. The first-order valence-electron chi connectivity index (χ1n) is 8.92. The van der Waals surface area contributed by atoms with E-state index >= 15 is 0 Å². The number of aryl methyl sites for hydroxylation is 3. The monoisotopic (exact) mass is 345 g/mol. The lowest BCUT2D eigenvalue weighted by Gasteiger charge is -2.39. The molecule has 25 heavy (non-hydrogen) atoms. The van der Waals surface area contributed by atoms with Gasteiger partial charge in [0.1, 0.15) is 11.3 Å². The summed E-state index contributed by atoms with van der Waals surface area (Å²) in [5, 5.41) is 7.03. The molecule has 1 aliphatic rings. The molecule has 0 aliphatic carbocycles. The molecule has 1 aliphatic heterocycles. The Morgan fingerprint density at radius 3 is 2.92 bits per heavy atom. The molecular weight excluding hydrogens is 318 g/mol. The van der Waals surface area contributed by atoms with Gasteiger partial charge in [0.15, 0.2) is 0 Å². The third kappa shape index (κ3) is 3.46. The Labute approximate surface area is 148 Å². The van der Waals surface area contributed by atoms with Gasteiger partial charge >= 0.3 is 0 Å². The third-order valence-electron chi connectivity index (χ3n) is 5.17. The smallest absolute Gasteiger partial charge is 0.256 e. The first-order valence-corrected chi connectivity index (χ1v) is 8.92. The number of likely N-dealkylation sites (tertiary alicyclic amines) is 1. The highest BCUT2D eigenvalue weighted by Gasteiger charge is 2.33. The van der Waals surface area contributed by atoms with E-state index in [1.807, 2.05) is 33.4 Å². The number of aromatic nitrogens is 3. The predicted octanol–water partition coefficient (Wildman–Crippen LogP) is 2.09. The van der Waals surface area contributed by atoms with Crippen LogP contribution in [-0.2, 0) is 13.5 Å². The van der Waals surface area contributed by atoms with E-state index in [1.54, 1.807) is 0 Å². The molecule has 2 atom stereocenters. The quantitative estimate of drug-likeness (QED) is 0.898. The molecule has 1 amide bonds. The van der Waals surface area contributed by atoms with E-state index in [1.165, 1.54) is 5.69 Å². The van der Waals surface area contributed by atoms with Gasteiger partial charge in [0.05, 0.1) is 23.8 Å². The summed E-state index contributed by atoms with van der Waals surface area (Å²) in [6.45, 7) is 5.47. The molecule has 3 heterocycles. The van der Waals surface area contributed by atoms with Crippen LogP contribution in [-0.4, -0.2) is 45.7 Å². The lowest BCUT2D eigenvalue weighted by molar-refractivity contribution is 0.0879. The van der Waals surface area contributed by atoms with Gasteiger partial charge in [0.2, 0.25) is 0 Å². The topological polar surface area (TPSA) is 76.2 Å². The first kappa shape index (κ1) is 17.7. The number of carbonyl (C=O) groups excluding carboxylic acids is 1. The number of hydrogen-bond donors (Lipinski definition) is 1. The van der Waals surface area contributed by atoms with E-state index in [-0.39, 0.29) is 11.9 Å². The third-order valence-corrected chi connectivity index (χ3v) is 5.17. The summed E-state index contributed by atoms with van der Waals surface area (Å²) in [7, 11) is 4.17. The largest absolute Gasteiger partial charge is 0.360 e. The Balaban J connectivity index is 1.73. The van der Waals surface area contributed by atoms with E-state index in [2.05, 4.69) is 32.0 Å². The molecular formula is C18H27N5O2. The summed E-state index contributed by atoms with van der Waals surface area (Å²) in [5.41, 5.74) is 2.43. The van der Waals surface area contributed by atoms with Gasteiger partial charge in [-0.25, -0.2) is 4.98 Å². The average Bonchev–Trinajstić information content (AvgIpc) is 3.18. The Bertz CT molecular complexity index is 736. The second kappa shape index (κ2) is 7.39. The van der Waals surface area contributed by atoms with Gasteiger partial charge in [0, 0.05) is 26.2 Å². The minimum absolute atomic E-state index is 0.0902. The molecule has 136 valence electrons. The molecule has 3 rings (SSSR count). The predicted molar refractivity (Wildman–Crippen MR) is 94.3 cm³/mol. The minimum atomic E-state index is -0.0902. The van der Waals surface area contributed by atoms with Crippen molar-refractivity contribution in [2.24, 2.45) is 13.0 Å². The summed E-state index contributed by atoms with van der Waals surface area (Å²) in [6, 6.07) is 0.260. The van der Waals surface area contributed by atoms with Gasteiger partial charge in [0.25, 0.3) is 5.91 Å². The number of carbonyl (C=O) groups is 1. The van der Waals surface area contributed by atoms with Gasteiger partial charge in [-0.3, -0.25) is 9.69 Å².